The minimum Gasteiger partial charge on any atom is -0.492 e. The lowest BCUT2D eigenvalue weighted by Gasteiger charge is -2.17. The van der Waals surface area contributed by atoms with E-state index in [-0.39, 0.29) is 0 Å². The van der Waals surface area contributed by atoms with Gasteiger partial charge in [0, 0.05) is 37.5 Å². The predicted octanol–water partition coefficient (Wildman–Crippen LogP) is 4.92. The summed E-state index contributed by atoms with van der Waals surface area (Å²) < 4.78 is 7.33. The summed E-state index contributed by atoms with van der Waals surface area (Å²) in [6, 6.07) is 7.92. The molecular weight excluding hydrogens is 339 g/mol. The van der Waals surface area contributed by atoms with E-state index in [1.54, 1.807) is 0 Å². The molecule has 0 aliphatic heterocycles. The Hall–Kier alpha value is -0.940. The first-order valence-corrected chi connectivity index (χ1v) is 8.61. The van der Waals surface area contributed by atoms with E-state index in [9.17, 15) is 0 Å². The van der Waals surface area contributed by atoms with Gasteiger partial charge in [-0.05, 0) is 31.7 Å². The first kappa shape index (κ1) is 17.4. The van der Waals surface area contributed by atoms with Crippen LogP contribution in [0.4, 0.5) is 5.69 Å². The lowest BCUT2D eigenvalue weighted by atomic mass is 10.2. The van der Waals surface area contributed by atoms with Gasteiger partial charge in [0.05, 0.1) is 8.67 Å². The number of anilines is 1. The van der Waals surface area contributed by atoms with E-state index in [0.717, 1.165) is 44.3 Å². The Balaban J connectivity index is 1.84. The summed E-state index contributed by atoms with van der Waals surface area (Å²) in [5, 5.41) is 3.10. The van der Waals surface area contributed by atoms with Gasteiger partial charge in [-0.1, -0.05) is 29.3 Å². The molecule has 0 aliphatic carbocycles. The fourth-order valence-electron chi connectivity index (χ4n) is 2.07. The van der Waals surface area contributed by atoms with Crippen LogP contribution in [0.2, 0.25) is 8.67 Å². The van der Waals surface area contributed by atoms with Gasteiger partial charge in [-0.2, -0.15) is 0 Å². The maximum absolute atomic E-state index is 6.23. The molecule has 1 heterocycles. The molecule has 0 unspecified atom stereocenters. The lowest BCUT2D eigenvalue weighted by molar-refractivity contribution is 0.233. The molecule has 120 valence electrons. The van der Waals surface area contributed by atoms with E-state index < -0.39 is 0 Å². The van der Waals surface area contributed by atoms with Crippen LogP contribution in [0.25, 0.3) is 0 Å². The SMILES string of the molecule is CNc1cccc(OCCN(C)Cc2c(Cl)sc(Cl)c2C)c1. The number of likely N-dealkylation sites (N-methyl/N-ethyl adjacent to an activating group) is 1. The molecule has 6 heteroatoms. The van der Waals surface area contributed by atoms with Gasteiger partial charge in [0.2, 0.25) is 0 Å². The number of ether oxygens (including phenoxy) is 1. The number of hydrogen-bond acceptors (Lipinski definition) is 4. The van der Waals surface area contributed by atoms with Crippen molar-refractivity contribution in [1.82, 2.24) is 4.90 Å². The maximum Gasteiger partial charge on any atom is 0.121 e. The zero-order valence-corrected chi connectivity index (χ0v) is 15.3. The quantitative estimate of drug-likeness (QED) is 0.760. The fourth-order valence-corrected chi connectivity index (χ4v) is 3.74. The molecule has 0 fully saturated rings. The Morgan fingerprint density at radius 2 is 2.05 bits per heavy atom. The van der Waals surface area contributed by atoms with Crippen molar-refractivity contribution < 1.29 is 4.74 Å². The highest BCUT2D eigenvalue weighted by Gasteiger charge is 2.13. The Kier molecular flexibility index (Phi) is 6.38. The largest absolute Gasteiger partial charge is 0.492 e. The van der Waals surface area contributed by atoms with Gasteiger partial charge in [0.1, 0.15) is 12.4 Å². The van der Waals surface area contributed by atoms with E-state index in [2.05, 4.69) is 17.3 Å². The Morgan fingerprint density at radius 1 is 1.27 bits per heavy atom. The Bertz CT molecular complexity index is 631. The molecule has 2 rings (SSSR count). The molecule has 0 saturated carbocycles. The molecule has 22 heavy (non-hydrogen) atoms. The molecule has 0 spiro atoms. The highest BCUT2D eigenvalue weighted by molar-refractivity contribution is 7.20. The third-order valence-electron chi connectivity index (χ3n) is 3.46. The molecule has 1 aromatic carbocycles. The zero-order valence-electron chi connectivity index (χ0n) is 13.0. The average Bonchev–Trinajstić information content (AvgIpc) is 2.74. The van der Waals surface area contributed by atoms with Crippen LogP contribution in [0.1, 0.15) is 11.1 Å². The van der Waals surface area contributed by atoms with Crippen molar-refractivity contribution in [3.05, 3.63) is 44.1 Å². The van der Waals surface area contributed by atoms with Crippen LogP contribution >= 0.6 is 34.5 Å². The molecule has 0 bridgehead atoms. The zero-order chi connectivity index (χ0) is 16.1. The van der Waals surface area contributed by atoms with Crippen LogP contribution in [0, 0.1) is 6.92 Å². The second-order valence-corrected chi connectivity index (χ2v) is 7.34. The molecule has 3 nitrogen and oxygen atoms in total. The first-order valence-electron chi connectivity index (χ1n) is 7.03. The van der Waals surface area contributed by atoms with Crippen LogP contribution in [0.3, 0.4) is 0 Å². The first-order chi connectivity index (χ1) is 10.5. The molecule has 1 N–H and O–H groups in total. The van der Waals surface area contributed by atoms with Crippen LogP contribution in [0.5, 0.6) is 5.75 Å². The summed E-state index contributed by atoms with van der Waals surface area (Å²) in [5.74, 6) is 0.869. The van der Waals surface area contributed by atoms with Crippen molar-refractivity contribution in [1.29, 1.82) is 0 Å². The number of nitrogens with zero attached hydrogens (tertiary/aromatic N) is 1. The van der Waals surface area contributed by atoms with Crippen molar-refractivity contribution >= 4 is 40.2 Å². The summed E-state index contributed by atoms with van der Waals surface area (Å²) in [4.78, 5) is 2.18. The summed E-state index contributed by atoms with van der Waals surface area (Å²) in [6.07, 6.45) is 0. The van der Waals surface area contributed by atoms with E-state index in [1.165, 1.54) is 11.3 Å². The van der Waals surface area contributed by atoms with Gasteiger partial charge in [0.25, 0.3) is 0 Å². The van der Waals surface area contributed by atoms with Crippen LogP contribution in [-0.2, 0) is 6.54 Å². The summed E-state index contributed by atoms with van der Waals surface area (Å²) in [6.45, 7) is 4.21. The van der Waals surface area contributed by atoms with Crippen LogP contribution in [-0.4, -0.2) is 32.1 Å². The second kappa shape index (κ2) is 8.06. The predicted molar refractivity (Wildman–Crippen MR) is 96.9 cm³/mol. The number of thiophene rings is 1. The average molecular weight is 359 g/mol. The van der Waals surface area contributed by atoms with Crippen molar-refractivity contribution in [2.75, 3.05) is 32.6 Å². The highest BCUT2D eigenvalue weighted by Crippen LogP contribution is 2.36. The van der Waals surface area contributed by atoms with Crippen molar-refractivity contribution in [2.45, 2.75) is 13.5 Å². The standard InChI is InChI=1S/C16H20Cl2N2OS/c1-11-14(16(18)22-15(11)17)10-20(3)7-8-21-13-6-4-5-12(9-13)19-2/h4-6,9,19H,7-8,10H2,1-3H3. The number of benzene rings is 1. The molecule has 0 radical (unpaired) electrons. The maximum atomic E-state index is 6.23. The van der Waals surface area contributed by atoms with Gasteiger partial charge in [-0.15, -0.1) is 11.3 Å². The number of hydrogen-bond donors (Lipinski definition) is 1. The number of nitrogens with one attached hydrogen (secondary N) is 1. The smallest absolute Gasteiger partial charge is 0.121 e. The van der Waals surface area contributed by atoms with Crippen LogP contribution in [0.15, 0.2) is 24.3 Å². The van der Waals surface area contributed by atoms with Gasteiger partial charge >= 0.3 is 0 Å². The van der Waals surface area contributed by atoms with Crippen molar-refractivity contribution in [3.8, 4) is 5.75 Å². The minimum atomic E-state index is 0.623. The van der Waals surface area contributed by atoms with Crippen molar-refractivity contribution in [3.63, 3.8) is 0 Å². The normalized spacial score (nSPS) is 11.0. The Morgan fingerprint density at radius 3 is 2.68 bits per heavy atom. The van der Waals surface area contributed by atoms with E-state index >= 15 is 0 Å². The van der Waals surface area contributed by atoms with Crippen LogP contribution < -0.4 is 10.1 Å². The van der Waals surface area contributed by atoms with Gasteiger partial charge in [0.15, 0.2) is 0 Å². The van der Waals surface area contributed by atoms with E-state index in [1.807, 2.05) is 38.2 Å². The molecular formula is C16H20Cl2N2OS. The topological polar surface area (TPSA) is 24.5 Å². The second-order valence-electron chi connectivity index (χ2n) is 5.12. The van der Waals surface area contributed by atoms with Gasteiger partial charge < -0.3 is 10.1 Å². The minimum absolute atomic E-state index is 0.623. The molecule has 0 aliphatic rings. The number of rotatable bonds is 7. The molecule has 0 amide bonds. The lowest BCUT2D eigenvalue weighted by Crippen LogP contribution is -2.24. The third kappa shape index (κ3) is 4.53. The summed E-state index contributed by atoms with van der Waals surface area (Å²) in [5.41, 5.74) is 3.23. The summed E-state index contributed by atoms with van der Waals surface area (Å²) >= 11 is 13.8. The molecule has 0 atom stereocenters. The van der Waals surface area contributed by atoms with Gasteiger partial charge in [-0.25, -0.2) is 0 Å². The number of halogens is 2. The Labute approximate surface area is 145 Å². The van der Waals surface area contributed by atoms with E-state index in [4.69, 9.17) is 27.9 Å². The van der Waals surface area contributed by atoms with E-state index in [0.29, 0.717) is 6.61 Å². The summed E-state index contributed by atoms with van der Waals surface area (Å²) in [7, 11) is 3.94. The monoisotopic (exact) mass is 358 g/mol. The van der Waals surface area contributed by atoms with Gasteiger partial charge in [-0.3, -0.25) is 4.90 Å². The molecule has 2 aromatic rings. The highest BCUT2D eigenvalue weighted by atomic mass is 35.5. The van der Waals surface area contributed by atoms with Crippen molar-refractivity contribution in [2.24, 2.45) is 0 Å². The molecule has 0 saturated heterocycles. The third-order valence-corrected chi connectivity index (χ3v) is 5.34. The fraction of sp³-hybridized carbons (Fsp3) is 0.375. The molecule has 1 aromatic heterocycles.